The predicted octanol–water partition coefficient (Wildman–Crippen LogP) is 3.89. The molecule has 0 atom stereocenters. The highest BCUT2D eigenvalue weighted by atomic mass is 16.5. The summed E-state index contributed by atoms with van der Waals surface area (Å²) in [6.45, 7) is 2.54. The maximum absolute atomic E-state index is 12.9. The molecule has 0 amide bonds. The molecule has 1 aromatic heterocycles. The van der Waals surface area contributed by atoms with Gasteiger partial charge in [-0.3, -0.25) is 9.59 Å². The van der Waals surface area contributed by atoms with Crippen molar-refractivity contribution >= 4 is 45.2 Å². The fraction of sp³-hybridized carbons (Fsp3) is 0.333. The maximum atomic E-state index is 12.9. The number of ether oxygens (including phenoxy) is 3. The number of ketones is 2. The second kappa shape index (κ2) is 13.2. The first-order chi connectivity index (χ1) is 19.3. The van der Waals surface area contributed by atoms with E-state index in [1.807, 2.05) is 45.4 Å². The van der Waals surface area contributed by atoms with E-state index in [2.05, 4.69) is 25.1 Å². The van der Waals surface area contributed by atoms with Crippen molar-refractivity contribution < 1.29 is 23.8 Å². The van der Waals surface area contributed by atoms with Crippen LogP contribution in [0.2, 0.25) is 0 Å². The van der Waals surface area contributed by atoms with E-state index in [4.69, 9.17) is 14.2 Å². The van der Waals surface area contributed by atoms with Crippen LogP contribution in [0.15, 0.2) is 54.9 Å². The molecule has 1 aliphatic rings. The van der Waals surface area contributed by atoms with E-state index < -0.39 is 0 Å². The maximum Gasteiger partial charge on any atom is 0.186 e. The molecule has 0 fully saturated rings. The lowest BCUT2D eigenvalue weighted by Gasteiger charge is -2.25. The van der Waals surface area contributed by atoms with Crippen LogP contribution in [0, 0.1) is 0 Å². The summed E-state index contributed by atoms with van der Waals surface area (Å²) in [5.74, 6) is 1.23. The number of carbonyl (C=O) groups is 2. The van der Waals surface area contributed by atoms with Gasteiger partial charge in [-0.2, -0.15) is 0 Å². The average molecular weight is 546 g/mol. The van der Waals surface area contributed by atoms with Crippen molar-refractivity contribution in [3.63, 3.8) is 0 Å². The summed E-state index contributed by atoms with van der Waals surface area (Å²) in [5.41, 5.74) is 3.26. The molecule has 2 aromatic carbocycles. The zero-order chi connectivity index (χ0) is 28.6. The summed E-state index contributed by atoms with van der Waals surface area (Å²) in [6, 6.07) is 9.39. The fourth-order valence-corrected chi connectivity index (χ4v) is 4.43. The summed E-state index contributed by atoms with van der Waals surface area (Å²) in [7, 11) is 9.26. The zero-order valence-corrected chi connectivity index (χ0v) is 23.6. The van der Waals surface area contributed by atoms with Gasteiger partial charge in [0.2, 0.25) is 0 Å². The van der Waals surface area contributed by atoms with Gasteiger partial charge in [0.25, 0.3) is 0 Å². The smallest absolute Gasteiger partial charge is 0.186 e. The van der Waals surface area contributed by atoms with E-state index in [9.17, 15) is 9.59 Å². The van der Waals surface area contributed by atoms with Crippen molar-refractivity contribution in [1.29, 1.82) is 0 Å². The molecule has 40 heavy (non-hydrogen) atoms. The zero-order valence-electron chi connectivity index (χ0n) is 23.6. The van der Waals surface area contributed by atoms with Crippen LogP contribution in [0.1, 0.15) is 12.0 Å². The Morgan fingerprint density at radius 1 is 0.925 bits per heavy atom. The monoisotopic (exact) mass is 545 g/mol. The van der Waals surface area contributed by atoms with Crippen LogP contribution in [0.5, 0.6) is 11.5 Å². The van der Waals surface area contributed by atoms with Crippen LogP contribution in [0.3, 0.4) is 0 Å². The van der Waals surface area contributed by atoms with E-state index in [1.54, 1.807) is 20.3 Å². The minimum absolute atomic E-state index is 0.210. The molecule has 0 unspecified atom stereocenters. The molecule has 1 N–H and O–H groups in total. The van der Waals surface area contributed by atoms with Crippen molar-refractivity contribution in [1.82, 2.24) is 14.9 Å². The number of hydrogen-bond acceptors (Lipinski definition) is 10. The van der Waals surface area contributed by atoms with Crippen molar-refractivity contribution in [2.75, 3.05) is 71.9 Å². The van der Waals surface area contributed by atoms with Crippen molar-refractivity contribution in [2.45, 2.75) is 6.42 Å². The van der Waals surface area contributed by atoms with Crippen LogP contribution < -0.4 is 19.7 Å². The third-order valence-electron chi connectivity index (χ3n) is 6.48. The van der Waals surface area contributed by atoms with Gasteiger partial charge < -0.3 is 29.3 Å². The number of nitrogens with one attached hydrogen (secondary N) is 1. The third-order valence-corrected chi connectivity index (χ3v) is 6.48. The molecule has 1 heterocycles. The quantitative estimate of drug-likeness (QED) is 0.251. The first-order valence-electron chi connectivity index (χ1n) is 13.0. The van der Waals surface area contributed by atoms with Crippen LogP contribution in [0.25, 0.3) is 16.5 Å². The van der Waals surface area contributed by atoms with Gasteiger partial charge in [0.15, 0.2) is 23.1 Å². The van der Waals surface area contributed by atoms with Gasteiger partial charge in [-0.15, -0.1) is 0 Å². The standard InChI is InChI=1S/C30H35N5O5/c1-34(2)11-6-12-35(3)26-9-7-20(15-22(26)23-16-21(36)8-10-27(23)37)33-30-24-17-28(39-5)29(40-14-13-38-4)18-25(24)31-19-32-30/h7-10,15-19H,6,11-14H2,1-5H3,(H,31,32,33). The Kier molecular flexibility index (Phi) is 9.47. The Bertz CT molecular complexity index is 1450. The molecule has 3 aromatic rings. The number of carbonyl (C=O) groups excluding carboxylic acids is 2. The molecule has 0 saturated heterocycles. The van der Waals surface area contributed by atoms with Crippen molar-refractivity contribution in [2.24, 2.45) is 0 Å². The number of fused-ring (bicyclic) bond motifs is 1. The lowest BCUT2D eigenvalue weighted by molar-refractivity contribution is -0.113. The van der Waals surface area contributed by atoms with Crippen LogP contribution >= 0.6 is 0 Å². The Hall–Kier alpha value is -4.28. The Morgan fingerprint density at radius 2 is 1.75 bits per heavy atom. The molecule has 0 spiro atoms. The lowest BCUT2D eigenvalue weighted by Crippen LogP contribution is -2.24. The highest BCUT2D eigenvalue weighted by Gasteiger charge is 2.21. The summed E-state index contributed by atoms with van der Waals surface area (Å²) in [5, 5.41) is 4.10. The minimum Gasteiger partial charge on any atom is -0.493 e. The molecular weight excluding hydrogens is 510 g/mol. The number of anilines is 3. The van der Waals surface area contributed by atoms with E-state index in [-0.39, 0.29) is 11.6 Å². The molecule has 210 valence electrons. The number of benzene rings is 2. The Morgan fingerprint density at radius 3 is 2.50 bits per heavy atom. The highest BCUT2D eigenvalue weighted by molar-refractivity contribution is 6.34. The molecule has 0 radical (unpaired) electrons. The SMILES string of the molecule is COCCOc1cc2ncnc(Nc3ccc(N(C)CCCN(C)C)c(C4=CC(=O)C=CC4=O)c3)c2cc1OC. The third kappa shape index (κ3) is 6.83. The summed E-state index contributed by atoms with van der Waals surface area (Å²) in [4.78, 5) is 38.2. The Labute approximate surface area is 234 Å². The van der Waals surface area contributed by atoms with Gasteiger partial charge in [-0.1, -0.05) is 0 Å². The molecule has 10 heteroatoms. The number of rotatable bonds is 13. The van der Waals surface area contributed by atoms with Crippen LogP contribution in [-0.2, 0) is 14.3 Å². The molecule has 1 aliphatic carbocycles. The molecule has 4 rings (SSSR count). The second-order valence-corrected chi connectivity index (χ2v) is 9.68. The van der Waals surface area contributed by atoms with Gasteiger partial charge in [-0.05, 0) is 69.6 Å². The fourth-order valence-electron chi connectivity index (χ4n) is 4.43. The van der Waals surface area contributed by atoms with Gasteiger partial charge in [0.05, 0.1) is 19.2 Å². The van der Waals surface area contributed by atoms with Crippen LogP contribution in [-0.4, -0.2) is 88.1 Å². The number of hydrogen-bond donors (Lipinski definition) is 1. The van der Waals surface area contributed by atoms with Gasteiger partial charge in [0.1, 0.15) is 18.8 Å². The highest BCUT2D eigenvalue weighted by Crippen LogP contribution is 2.36. The van der Waals surface area contributed by atoms with Crippen LogP contribution in [0.4, 0.5) is 17.2 Å². The van der Waals surface area contributed by atoms with E-state index in [1.165, 1.54) is 24.6 Å². The number of allylic oxidation sites excluding steroid dienone is 4. The molecule has 10 nitrogen and oxygen atoms in total. The molecule has 0 aliphatic heterocycles. The largest absolute Gasteiger partial charge is 0.493 e. The Balaban J connectivity index is 1.70. The minimum atomic E-state index is -0.216. The van der Waals surface area contributed by atoms with Crippen molar-refractivity contribution in [3.8, 4) is 11.5 Å². The molecular formula is C30H35N5O5. The first kappa shape index (κ1) is 28.7. The van der Waals surface area contributed by atoms with Gasteiger partial charge in [-0.25, -0.2) is 9.97 Å². The first-order valence-corrected chi connectivity index (χ1v) is 13.0. The molecule has 0 bridgehead atoms. The number of aromatic nitrogens is 2. The number of nitrogens with zero attached hydrogens (tertiary/aromatic N) is 4. The predicted molar refractivity (Wildman–Crippen MR) is 157 cm³/mol. The summed E-state index contributed by atoms with van der Waals surface area (Å²) >= 11 is 0. The second-order valence-electron chi connectivity index (χ2n) is 9.68. The van der Waals surface area contributed by atoms with E-state index >= 15 is 0 Å². The lowest BCUT2D eigenvalue weighted by atomic mass is 9.94. The van der Waals surface area contributed by atoms with Gasteiger partial charge >= 0.3 is 0 Å². The normalized spacial score (nSPS) is 13.1. The number of methoxy groups -OCH3 is 2. The van der Waals surface area contributed by atoms with Gasteiger partial charge in [0, 0.05) is 54.7 Å². The van der Waals surface area contributed by atoms with E-state index in [0.29, 0.717) is 52.9 Å². The van der Waals surface area contributed by atoms with E-state index in [0.717, 1.165) is 30.6 Å². The average Bonchev–Trinajstić information content (AvgIpc) is 2.94. The topological polar surface area (TPSA) is 106 Å². The molecule has 0 saturated carbocycles. The summed E-state index contributed by atoms with van der Waals surface area (Å²) < 4.78 is 16.4. The van der Waals surface area contributed by atoms with Crippen molar-refractivity contribution in [3.05, 3.63) is 60.5 Å². The summed E-state index contributed by atoms with van der Waals surface area (Å²) in [6.07, 6.45) is 6.43.